The number of nitrogens with two attached hydrogens (primary N) is 1. The first-order valence-corrected chi connectivity index (χ1v) is 4.45. The van der Waals surface area contributed by atoms with Crippen LogP contribution in [0.2, 0.25) is 0 Å². The molecular formula is C11H13NO. The van der Waals surface area contributed by atoms with E-state index < -0.39 is 0 Å². The molecule has 0 aliphatic rings. The topological polar surface area (TPSA) is 39.2 Å². The number of nitrogen functional groups attached to an aromatic ring is 1. The van der Waals surface area contributed by atoms with Gasteiger partial charge in [-0.05, 0) is 29.7 Å². The summed E-state index contributed by atoms with van der Waals surface area (Å²) in [6.45, 7) is 4.25. The van der Waals surface area contributed by atoms with E-state index in [-0.39, 0.29) is 0 Å². The van der Waals surface area contributed by atoms with Gasteiger partial charge < -0.3 is 10.2 Å². The smallest absolute Gasteiger partial charge is 0.134 e. The molecule has 68 valence electrons. The molecule has 0 aliphatic carbocycles. The summed E-state index contributed by atoms with van der Waals surface area (Å²) in [6.07, 6.45) is 1.69. The molecule has 2 aromatic rings. The number of hydrogen-bond acceptors (Lipinski definition) is 2. The lowest BCUT2D eigenvalue weighted by atomic mass is 10.0. The Kier molecular flexibility index (Phi) is 1.76. The third-order valence-electron chi connectivity index (χ3n) is 2.28. The average Bonchev–Trinajstić information content (AvgIpc) is 2.48. The quantitative estimate of drug-likeness (QED) is 0.676. The largest absolute Gasteiger partial charge is 0.464 e. The molecule has 1 aromatic heterocycles. The maximum absolute atomic E-state index is 5.91. The summed E-state index contributed by atoms with van der Waals surface area (Å²) in [6, 6.07) is 5.92. The van der Waals surface area contributed by atoms with Crippen LogP contribution >= 0.6 is 0 Å². The van der Waals surface area contributed by atoms with E-state index in [9.17, 15) is 0 Å². The van der Waals surface area contributed by atoms with Crippen molar-refractivity contribution in [2.75, 3.05) is 5.73 Å². The number of furan rings is 1. The fourth-order valence-corrected chi connectivity index (χ4v) is 1.54. The number of benzene rings is 1. The molecule has 0 radical (unpaired) electrons. The molecule has 1 aromatic carbocycles. The lowest BCUT2D eigenvalue weighted by molar-refractivity contribution is 0.615. The minimum Gasteiger partial charge on any atom is -0.464 e. The summed E-state index contributed by atoms with van der Waals surface area (Å²) in [5.41, 5.74) is 8.83. The van der Waals surface area contributed by atoms with Crippen LogP contribution in [-0.2, 0) is 0 Å². The normalized spacial score (nSPS) is 11.3. The monoisotopic (exact) mass is 175 g/mol. The highest BCUT2D eigenvalue weighted by atomic mass is 16.3. The van der Waals surface area contributed by atoms with Gasteiger partial charge in [0.25, 0.3) is 0 Å². The minimum atomic E-state index is 0.439. The third-order valence-corrected chi connectivity index (χ3v) is 2.28. The summed E-state index contributed by atoms with van der Waals surface area (Å²) >= 11 is 0. The Morgan fingerprint density at radius 3 is 2.77 bits per heavy atom. The van der Waals surface area contributed by atoms with E-state index in [1.807, 2.05) is 18.2 Å². The molecule has 2 rings (SSSR count). The van der Waals surface area contributed by atoms with E-state index >= 15 is 0 Å². The van der Waals surface area contributed by atoms with Crippen molar-refractivity contribution in [3.8, 4) is 0 Å². The van der Waals surface area contributed by atoms with Gasteiger partial charge in [-0.15, -0.1) is 0 Å². The predicted octanol–water partition coefficient (Wildman–Crippen LogP) is 3.14. The zero-order valence-corrected chi connectivity index (χ0v) is 7.87. The van der Waals surface area contributed by atoms with Gasteiger partial charge in [0.05, 0.1) is 6.26 Å². The molecule has 2 heteroatoms. The van der Waals surface area contributed by atoms with E-state index in [1.165, 1.54) is 0 Å². The first-order chi connectivity index (χ1) is 6.18. The van der Waals surface area contributed by atoms with Crippen LogP contribution in [0.25, 0.3) is 11.0 Å². The van der Waals surface area contributed by atoms with Gasteiger partial charge in [0.15, 0.2) is 0 Å². The van der Waals surface area contributed by atoms with Gasteiger partial charge in [0.1, 0.15) is 5.58 Å². The van der Waals surface area contributed by atoms with Crippen molar-refractivity contribution in [1.82, 2.24) is 0 Å². The highest BCUT2D eigenvalue weighted by molar-refractivity contribution is 5.82. The molecule has 0 saturated carbocycles. The number of rotatable bonds is 1. The second-order valence-electron chi connectivity index (χ2n) is 3.59. The van der Waals surface area contributed by atoms with Gasteiger partial charge >= 0.3 is 0 Å². The van der Waals surface area contributed by atoms with Gasteiger partial charge in [-0.1, -0.05) is 13.8 Å². The van der Waals surface area contributed by atoms with Gasteiger partial charge in [0.2, 0.25) is 0 Å². The van der Waals surface area contributed by atoms with Crippen LogP contribution in [0.5, 0.6) is 0 Å². The molecule has 1 heterocycles. The molecule has 0 bridgehead atoms. The average molecular weight is 175 g/mol. The van der Waals surface area contributed by atoms with Gasteiger partial charge in [-0.3, -0.25) is 0 Å². The first-order valence-electron chi connectivity index (χ1n) is 4.45. The Morgan fingerprint density at radius 1 is 1.31 bits per heavy atom. The molecule has 0 unspecified atom stereocenters. The van der Waals surface area contributed by atoms with Crippen molar-refractivity contribution in [2.45, 2.75) is 19.8 Å². The molecule has 2 N–H and O–H groups in total. The summed E-state index contributed by atoms with van der Waals surface area (Å²) in [5.74, 6) is 0.439. The van der Waals surface area contributed by atoms with Crippen LogP contribution in [0.3, 0.4) is 0 Å². The van der Waals surface area contributed by atoms with Crippen molar-refractivity contribution >= 4 is 16.7 Å². The molecule has 0 saturated heterocycles. The third kappa shape index (κ3) is 1.28. The van der Waals surface area contributed by atoms with Crippen molar-refractivity contribution in [1.29, 1.82) is 0 Å². The van der Waals surface area contributed by atoms with Gasteiger partial charge in [0, 0.05) is 11.1 Å². The van der Waals surface area contributed by atoms with Crippen LogP contribution in [0.1, 0.15) is 25.3 Å². The number of anilines is 1. The van der Waals surface area contributed by atoms with Gasteiger partial charge in [-0.2, -0.15) is 0 Å². The van der Waals surface area contributed by atoms with Gasteiger partial charge in [-0.25, -0.2) is 0 Å². The van der Waals surface area contributed by atoms with E-state index in [2.05, 4.69) is 13.8 Å². The van der Waals surface area contributed by atoms with Crippen LogP contribution in [0.15, 0.2) is 28.9 Å². The number of fused-ring (bicyclic) bond motifs is 1. The predicted molar refractivity (Wildman–Crippen MR) is 54.7 cm³/mol. The SMILES string of the molecule is CC(C)c1cc2occc2cc1N. The van der Waals surface area contributed by atoms with E-state index in [0.29, 0.717) is 5.92 Å². The lowest BCUT2D eigenvalue weighted by Gasteiger charge is -2.08. The first kappa shape index (κ1) is 8.17. The Hall–Kier alpha value is -1.44. The second kappa shape index (κ2) is 2.80. The van der Waals surface area contributed by atoms with Crippen LogP contribution < -0.4 is 5.73 Å². The lowest BCUT2D eigenvalue weighted by Crippen LogP contribution is -1.95. The molecule has 0 fully saturated rings. The second-order valence-corrected chi connectivity index (χ2v) is 3.59. The molecule has 0 spiro atoms. The van der Waals surface area contributed by atoms with Crippen molar-refractivity contribution in [3.63, 3.8) is 0 Å². The maximum Gasteiger partial charge on any atom is 0.134 e. The number of hydrogen-bond donors (Lipinski definition) is 1. The summed E-state index contributed by atoms with van der Waals surface area (Å²) in [5, 5.41) is 1.07. The van der Waals surface area contributed by atoms with E-state index in [4.69, 9.17) is 10.2 Å². The zero-order valence-electron chi connectivity index (χ0n) is 7.87. The van der Waals surface area contributed by atoms with Crippen LogP contribution in [0, 0.1) is 0 Å². The molecule has 0 atom stereocenters. The van der Waals surface area contributed by atoms with Crippen LogP contribution in [0.4, 0.5) is 5.69 Å². The highest BCUT2D eigenvalue weighted by Gasteiger charge is 2.07. The standard InChI is InChI=1S/C11H13NO/c1-7(2)9-6-11-8(3-4-13-11)5-10(9)12/h3-7H,12H2,1-2H3. The Bertz CT molecular complexity index is 429. The molecule has 0 aliphatic heterocycles. The summed E-state index contributed by atoms with van der Waals surface area (Å²) in [7, 11) is 0. The fraction of sp³-hybridized carbons (Fsp3) is 0.273. The summed E-state index contributed by atoms with van der Waals surface area (Å²) < 4.78 is 5.31. The van der Waals surface area contributed by atoms with Crippen LogP contribution in [-0.4, -0.2) is 0 Å². The van der Waals surface area contributed by atoms with E-state index in [0.717, 1.165) is 22.2 Å². The van der Waals surface area contributed by atoms with Crippen molar-refractivity contribution in [3.05, 3.63) is 30.0 Å². The molecule has 2 nitrogen and oxygen atoms in total. The molecule has 13 heavy (non-hydrogen) atoms. The maximum atomic E-state index is 5.91. The highest BCUT2D eigenvalue weighted by Crippen LogP contribution is 2.27. The Morgan fingerprint density at radius 2 is 2.08 bits per heavy atom. The summed E-state index contributed by atoms with van der Waals surface area (Å²) in [4.78, 5) is 0. The zero-order chi connectivity index (χ0) is 9.42. The van der Waals surface area contributed by atoms with Crippen molar-refractivity contribution in [2.24, 2.45) is 0 Å². The Labute approximate surface area is 77.3 Å². The van der Waals surface area contributed by atoms with E-state index in [1.54, 1.807) is 6.26 Å². The molecular weight excluding hydrogens is 162 g/mol. The van der Waals surface area contributed by atoms with Crippen molar-refractivity contribution < 1.29 is 4.42 Å². The Balaban J connectivity index is 2.69. The minimum absolute atomic E-state index is 0.439. The molecule has 0 amide bonds. The fourth-order valence-electron chi connectivity index (χ4n) is 1.54.